The molecule has 192 valence electrons. The minimum atomic E-state index is -0.563. The van der Waals surface area contributed by atoms with Gasteiger partial charge in [0.1, 0.15) is 0 Å². The van der Waals surface area contributed by atoms with Gasteiger partial charge in [-0.15, -0.1) is 0 Å². The first-order chi connectivity index (χ1) is 17.9. The molecule has 9 heteroatoms. The highest BCUT2D eigenvalue weighted by atomic mass is 35.5. The summed E-state index contributed by atoms with van der Waals surface area (Å²) in [5.41, 5.74) is 3.04. The van der Waals surface area contributed by atoms with Gasteiger partial charge >= 0.3 is 0 Å². The Hall–Kier alpha value is -3.12. The molecule has 1 saturated carbocycles. The van der Waals surface area contributed by atoms with E-state index in [4.69, 9.17) is 16.3 Å². The summed E-state index contributed by atoms with van der Waals surface area (Å²) in [7, 11) is 0. The second-order valence-corrected chi connectivity index (χ2v) is 10.4. The van der Waals surface area contributed by atoms with Crippen LogP contribution in [0.5, 0.6) is 0 Å². The molecule has 0 N–H and O–H groups in total. The second-order valence-electron chi connectivity index (χ2n) is 10.0. The summed E-state index contributed by atoms with van der Waals surface area (Å²) in [5, 5.41) is 15.1. The predicted octanol–water partition coefficient (Wildman–Crippen LogP) is 4.39. The SMILES string of the molecule is Cc1nc(-n2ncc(C(=O)Cc3ccc(C4(C#N)CCC(N5CCOCC5)CC4)nc3)c2C)ccc1Cl. The van der Waals surface area contributed by atoms with Gasteiger partial charge in [0.2, 0.25) is 0 Å². The van der Waals surface area contributed by atoms with Crippen molar-refractivity contribution in [2.45, 2.75) is 57.4 Å². The maximum atomic E-state index is 13.1. The van der Waals surface area contributed by atoms with Crippen LogP contribution >= 0.6 is 11.6 Å². The molecule has 2 aliphatic rings. The zero-order valence-corrected chi connectivity index (χ0v) is 22.0. The highest BCUT2D eigenvalue weighted by Crippen LogP contribution is 2.39. The van der Waals surface area contributed by atoms with Gasteiger partial charge in [0, 0.05) is 31.7 Å². The first kappa shape index (κ1) is 25.5. The van der Waals surface area contributed by atoms with Gasteiger partial charge in [-0.05, 0) is 63.3 Å². The number of aryl methyl sites for hydroxylation is 1. The van der Waals surface area contributed by atoms with Gasteiger partial charge in [-0.25, -0.2) is 9.67 Å². The molecule has 1 aliphatic heterocycles. The molecule has 2 fully saturated rings. The summed E-state index contributed by atoms with van der Waals surface area (Å²) in [4.78, 5) is 24.7. The summed E-state index contributed by atoms with van der Waals surface area (Å²) in [6.07, 6.45) is 7.11. The highest BCUT2D eigenvalue weighted by Gasteiger charge is 2.40. The van der Waals surface area contributed by atoms with Crippen LogP contribution in [-0.4, -0.2) is 62.8 Å². The Bertz CT molecular complexity index is 1320. The number of ether oxygens (including phenoxy) is 1. The third kappa shape index (κ3) is 5.17. The van der Waals surface area contributed by atoms with Crippen LogP contribution in [0.3, 0.4) is 0 Å². The number of pyridine rings is 2. The lowest BCUT2D eigenvalue weighted by molar-refractivity contribution is 0.00493. The minimum Gasteiger partial charge on any atom is -0.379 e. The van der Waals surface area contributed by atoms with Crippen LogP contribution in [0.25, 0.3) is 5.82 Å². The van der Waals surface area contributed by atoms with Gasteiger partial charge in [-0.2, -0.15) is 10.4 Å². The van der Waals surface area contributed by atoms with E-state index in [0.29, 0.717) is 28.1 Å². The van der Waals surface area contributed by atoms with E-state index in [1.807, 2.05) is 26.0 Å². The normalized spacial score (nSPS) is 22.5. The predicted molar refractivity (Wildman–Crippen MR) is 140 cm³/mol. The number of hydrogen-bond acceptors (Lipinski definition) is 7. The van der Waals surface area contributed by atoms with Crippen LogP contribution in [-0.2, 0) is 16.6 Å². The Kier molecular flexibility index (Phi) is 7.38. The number of rotatable bonds is 6. The molecule has 1 saturated heterocycles. The van der Waals surface area contributed by atoms with Crippen LogP contribution < -0.4 is 0 Å². The monoisotopic (exact) mass is 518 g/mol. The fourth-order valence-corrected chi connectivity index (χ4v) is 5.59. The molecular weight excluding hydrogens is 488 g/mol. The molecule has 0 aromatic carbocycles. The molecule has 0 amide bonds. The smallest absolute Gasteiger partial charge is 0.170 e. The maximum absolute atomic E-state index is 13.1. The number of hydrogen-bond donors (Lipinski definition) is 0. The molecule has 0 unspecified atom stereocenters. The van der Waals surface area contributed by atoms with Crippen LogP contribution in [0.2, 0.25) is 5.02 Å². The molecule has 37 heavy (non-hydrogen) atoms. The molecule has 3 aromatic heterocycles. The van der Waals surface area contributed by atoms with Crippen molar-refractivity contribution in [3.63, 3.8) is 0 Å². The summed E-state index contributed by atoms with van der Waals surface area (Å²) in [6, 6.07) is 10.5. The molecule has 8 nitrogen and oxygen atoms in total. The number of nitriles is 1. The quantitative estimate of drug-likeness (QED) is 0.446. The lowest BCUT2D eigenvalue weighted by atomic mass is 9.71. The first-order valence-electron chi connectivity index (χ1n) is 12.8. The van der Waals surface area contributed by atoms with Crippen LogP contribution in [0.1, 0.15) is 58.7 Å². The Labute approximate surface area is 222 Å². The van der Waals surface area contributed by atoms with Crippen LogP contribution in [0, 0.1) is 25.2 Å². The van der Waals surface area contributed by atoms with Gasteiger partial charge in [0.25, 0.3) is 0 Å². The van der Waals surface area contributed by atoms with Crippen molar-refractivity contribution in [2.24, 2.45) is 0 Å². The first-order valence-corrected chi connectivity index (χ1v) is 13.2. The van der Waals surface area contributed by atoms with E-state index in [9.17, 15) is 10.1 Å². The second kappa shape index (κ2) is 10.7. The number of morpholine rings is 1. The molecule has 3 aromatic rings. The fraction of sp³-hybridized carbons (Fsp3) is 0.464. The number of nitrogens with zero attached hydrogens (tertiary/aromatic N) is 6. The lowest BCUT2D eigenvalue weighted by Crippen LogP contribution is -2.47. The number of carbonyl (C=O) groups excluding carboxylic acids is 1. The summed E-state index contributed by atoms with van der Waals surface area (Å²) in [5.74, 6) is 0.583. The van der Waals surface area contributed by atoms with Crippen molar-refractivity contribution in [1.82, 2.24) is 24.6 Å². The van der Waals surface area contributed by atoms with Crippen molar-refractivity contribution in [2.75, 3.05) is 26.3 Å². The topological polar surface area (TPSA) is 96.9 Å². The van der Waals surface area contributed by atoms with Crippen molar-refractivity contribution in [3.8, 4) is 11.9 Å². The van der Waals surface area contributed by atoms with E-state index >= 15 is 0 Å². The molecular formula is C28H31ClN6O2. The number of carbonyl (C=O) groups is 1. The van der Waals surface area contributed by atoms with E-state index in [1.54, 1.807) is 29.2 Å². The zero-order valence-electron chi connectivity index (χ0n) is 21.3. The summed E-state index contributed by atoms with van der Waals surface area (Å²) in [6.45, 7) is 7.22. The highest BCUT2D eigenvalue weighted by molar-refractivity contribution is 6.31. The molecule has 0 radical (unpaired) electrons. The van der Waals surface area contributed by atoms with Crippen molar-refractivity contribution in [1.29, 1.82) is 5.26 Å². The number of ketones is 1. The van der Waals surface area contributed by atoms with E-state index in [1.165, 1.54) is 0 Å². The van der Waals surface area contributed by atoms with Crippen molar-refractivity contribution < 1.29 is 9.53 Å². The van der Waals surface area contributed by atoms with Gasteiger partial charge in [0.15, 0.2) is 11.6 Å². The van der Waals surface area contributed by atoms with Crippen molar-refractivity contribution >= 4 is 17.4 Å². The number of halogens is 1. The summed E-state index contributed by atoms with van der Waals surface area (Å²) < 4.78 is 7.14. The summed E-state index contributed by atoms with van der Waals surface area (Å²) >= 11 is 6.09. The van der Waals surface area contributed by atoms with E-state index in [0.717, 1.165) is 68.9 Å². The Morgan fingerprint density at radius 1 is 1.16 bits per heavy atom. The Balaban J connectivity index is 1.25. The van der Waals surface area contributed by atoms with Gasteiger partial charge in [-0.3, -0.25) is 14.7 Å². The number of aromatic nitrogens is 4. The molecule has 0 spiro atoms. The zero-order chi connectivity index (χ0) is 26.0. The minimum absolute atomic E-state index is 0.0370. The molecule has 0 bridgehead atoms. The average Bonchev–Trinajstić information content (AvgIpc) is 3.32. The third-order valence-corrected chi connectivity index (χ3v) is 8.20. The van der Waals surface area contributed by atoms with E-state index in [-0.39, 0.29) is 12.2 Å². The Morgan fingerprint density at radius 3 is 2.57 bits per heavy atom. The maximum Gasteiger partial charge on any atom is 0.170 e. The standard InChI is InChI=1S/C28H31ClN6O2/c1-19-24(29)4-6-27(33-19)35-20(2)23(17-32-35)25(36)15-21-3-5-26(31-16-21)28(18-30)9-7-22(8-10-28)34-11-13-37-14-12-34/h3-6,16-17,22H,7-15H2,1-2H3. The van der Waals surface area contributed by atoms with Gasteiger partial charge < -0.3 is 4.74 Å². The van der Waals surface area contributed by atoms with Gasteiger partial charge in [0.05, 0.1) is 58.6 Å². The van der Waals surface area contributed by atoms with E-state index < -0.39 is 5.41 Å². The Morgan fingerprint density at radius 2 is 1.92 bits per heavy atom. The van der Waals surface area contributed by atoms with E-state index in [2.05, 4.69) is 26.0 Å². The lowest BCUT2D eigenvalue weighted by Gasteiger charge is -2.41. The van der Waals surface area contributed by atoms with Crippen LogP contribution in [0.4, 0.5) is 0 Å². The van der Waals surface area contributed by atoms with Gasteiger partial charge in [-0.1, -0.05) is 17.7 Å². The van der Waals surface area contributed by atoms with Crippen LogP contribution in [0.15, 0.2) is 36.7 Å². The molecule has 5 rings (SSSR count). The third-order valence-electron chi connectivity index (χ3n) is 7.80. The molecule has 1 aliphatic carbocycles. The molecule has 0 atom stereocenters. The average molecular weight is 519 g/mol. The number of Topliss-reactive ketones (excluding diaryl/α,β-unsaturated/α-hetero) is 1. The van der Waals surface area contributed by atoms with Crippen molar-refractivity contribution in [3.05, 3.63) is 69.9 Å². The molecule has 4 heterocycles. The largest absolute Gasteiger partial charge is 0.379 e. The fourth-order valence-electron chi connectivity index (χ4n) is 5.48.